The highest BCUT2D eigenvalue weighted by Crippen LogP contribution is 2.27. The number of likely N-dealkylation sites (N-methyl/N-ethyl adjacent to an activating group) is 1. The van der Waals surface area contributed by atoms with Crippen molar-refractivity contribution in [2.24, 2.45) is 33.1 Å². The van der Waals surface area contributed by atoms with Crippen molar-refractivity contribution in [3.8, 4) is 0 Å². The Bertz CT molecular complexity index is 1080. The van der Waals surface area contributed by atoms with Gasteiger partial charge >= 0.3 is 0 Å². The van der Waals surface area contributed by atoms with Crippen molar-refractivity contribution < 1.29 is 14.2 Å². The van der Waals surface area contributed by atoms with Crippen LogP contribution >= 0.6 is 0 Å². The summed E-state index contributed by atoms with van der Waals surface area (Å²) in [4.78, 5) is 13.8. The van der Waals surface area contributed by atoms with Gasteiger partial charge in [0.2, 0.25) is 0 Å². The predicted molar refractivity (Wildman–Crippen MR) is 161 cm³/mol. The SMILES string of the molecule is COCCOC(CN=CC(=CN)C1=CC2C(=CC=C(N/C(N)=C/C(=C\N)C(C)C)N2C)N=C1)CN1CCOCC1. The smallest absolute Gasteiger partial charge is 0.107 e. The topological polar surface area (TPSA) is 149 Å². The first-order chi connectivity index (χ1) is 19.4. The van der Waals surface area contributed by atoms with Crippen molar-refractivity contribution in [2.45, 2.75) is 26.0 Å². The van der Waals surface area contributed by atoms with E-state index in [1.165, 1.54) is 0 Å². The molecular weight excluding hydrogens is 508 g/mol. The number of fused-ring (bicyclic) bond motifs is 1. The number of nitrogens with zero attached hydrogens (tertiary/aromatic N) is 4. The zero-order valence-corrected chi connectivity index (χ0v) is 24.3. The Balaban J connectivity index is 1.66. The van der Waals surface area contributed by atoms with Gasteiger partial charge in [0, 0.05) is 63.6 Å². The summed E-state index contributed by atoms with van der Waals surface area (Å²) in [6, 6.07) is -0.0929. The van der Waals surface area contributed by atoms with Crippen molar-refractivity contribution in [2.75, 3.05) is 66.8 Å². The number of aliphatic imine (C=N–C) groups is 2. The lowest BCUT2D eigenvalue weighted by atomic mass is 9.99. The van der Waals surface area contributed by atoms with Crippen LogP contribution in [0.5, 0.6) is 0 Å². The Hall–Kier alpha value is -3.38. The maximum atomic E-state index is 6.27. The fourth-order valence-electron chi connectivity index (χ4n) is 4.49. The highest BCUT2D eigenvalue weighted by atomic mass is 16.5. The quantitative estimate of drug-likeness (QED) is 0.141. The molecule has 3 rings (SSSR count). The maximum Gasteiger partial charge on any atom is 0.107 e. The molecule has 3 aliphatic heterocycles. The molecule has 220 valence electrons. The van der Waals surface area contributed by atoms with Gasteiger partial charge in [0.15, 0.2) is 0 Å². The number of hydrogen-bond donors (Lipinski definition) is 4. The molecule has 3 heterocycles. The molecular formula is C29H46N8O3. The molecule has 0 amide bonds. The van der Waals surface area contributed by atoms with E-state index in [2.05, 4.69) is 40.0 Å². The van der Waals surface area contributed by atoms with Crippen molar-refractivity contribution in [1.29, 1.82) is 0 Å². The molecule has 0 saturated carbocycles. The van der Waals surface area contributed by atoms with Gasteiger partial charge in [-0.3, -0.25) is 14.9 Å². The Morgan fingerprint density at radius 2 is 2.00 bits per heavy atom. The van der Waals surface area contributed by atoms with Crippen molar-refractivity contribution in [3.05, 3.63) is 70.8 Å². The summed E-state index contributed by atoms with van der Waals surface area (Å²) in [6.45, 7) is 9.77. The van der Waals surface area contributed by atoms with E-state index in [-0.39, 0.29) is 18.1 Å². The van der Waals surface area contributed by atoms with Gasteiger partial charge in [0.1, 0.15) is 11.6 Å². The average Bonchev–Trinajstić information content (AvgIpc) is 2.96. The summed E-state index contributed by atoms with van der Waals surface area (Å²) in [5.41, 5.74) is 21.6. The zero-order chi connectivity index (χ0) is 28.9. The van der Waals surface area contributed by atoms with Crippen LogP contribution in [0.3, 0.4) is 0 Å². The molecule has 7 N–H and O–H groups in total. The van der Waals surface area contributed by atoms with Crippen molar-refractivity contribution in [3.63, 3.8) is 0 Å². The number of ether oxygens (including phenoxy) is 3. The highest BCUT2D eigenvalue weighted by molar-refractivity contribution is 5.99. The van der Waals surface area contributed by atoms with Crippen molar-refractivity contribution in [1.82, 2.24) is 15.1 Å². The normalized spacial score (nSPS) is 21.8. The fraction of sp³-hybridized carbons (Fsp3) is 0.517. The van der Waals surface area contributed by atoms with Crippen LogP contribution in [0.15, 0.2) is 80.7 Å². The van der Waals surface area contributed by atoms with Gasteiger partial charge < -0.3 is 41.6 Å². The van der Waals surface area contributed by atoms with E-state index in [9.17, 15) is 0 Å². The lowest BCUT2D eigenvalue weighted by molar-refractivity contribution is -0.0209. The standard InChI is InChI=1S/C29H46N8O3/c1-21(2)22(15-30)14-28(32)35-29-6-5-26-27(36(29)3)13-23(18-34-26)24(16-31)17-33-19-25(40-12-11-38-4)20-37-7-9-39-10-8-37/h5-6,13-18,21,25,27,35H,7-12,19-20,30-32H2,1-4H3/b22-15+,24-16?,28-14+,33-17?. The van der Waals surface area contributed by atoms with Crippen LogP contribution in [0.4, 0.5) is 0 Å². The fourth-order valence-corrected chi connectivity index (χ4v) is 4.49. The van der Waals surface area contributed by atoms with Crippen LogP contribution in [0.25, 0.3) is 0 Å². The molecule has 0 aromatic carbocycles. The molecule has 3 aliphatic rings. The number of methoxy groups -OCH3 is 1. The number of dihydropyridines is 1. The molecule has 1 fully saturated rings. The number of nitrogens with one attached hydrogen (secondary N) is 1. The molecule has 2 atom stereocenters. The number of hydrogen-bond acceptors (Lipinski definition) is 11. The van der Waals surface area contributed by atoms with E-state index in [4.69, 9.17) is 36.4 Å². The number of allylic oxidation sites excluding steroid dienone is 6. The van der Waals surface area contributed by atoms with E-state index in [1.54, 1.807) is 25.7 Å². The van der Waals surface area contributed by atoms with Crippen LogP contribution in [0.2, 0.25) is 0 Å². The lowest BCUT2D eigenvalue weighted by Crippen LogP contribution is -2.42. The maximum absolute atomic E-state index is 6.27. The van der Waals surface area contributed by atoms with E-state index in [0.717, 1.165) is 61.1 Å². The second-order valence-electron chi connectivity index (χ2n) is 10.1. The summed E-state index contributed by atoms with van der Waals surface area (Å²) in [5.74, 6) is 1.63. The Morgan fingerprint density at radius 1 is 1.23 bits per heavy atom. The minimum atomic E-state index is -0.0929. The molecule has 0 spiro atoms. The first kappa shape index (κ1) is 31.2. The van der Waals surface area contributed by atoms with Crippen LogP contribution < -0.4 is 22.5 Å². The zero-order valence-electron chi connectivity index (χ0n) is 24.3. The lowest BCUT2D eigenvalue weighted by Gasteiger charge is -2.35. The molecule has 11 nitrogen and oxygen atoms in total. The Morgan fingerprint density at radius 3 is 2.67 bits per heavy atom. The van der Waals surface area contributed by atoms with Gasteiger partial charge in [-0.1, -0.05) is 13.8 Å². The molecule has 0 aromatic heterocycles. The summed E-state index contributed by atoms with van der Waals surface area (Å²) in [7, 11) is 3.66. The second kappa shape index (κ2) is 16.0. The predicted octanol–water partition coefficient (Wildman–Crippen LogP) is 1.20. The molecule has 0 aromatic rings. The molecule has 11 heteroatoms. The molecule has 0 bridgehead atoms. The van der Waals surface area contributed by atoms with Crippen molar-refractivity contribution >= 4 is 12.4 Å². The Kier molecular flexibility index (Phi) is 12.5. The van der Waals surface area contributed by atoms with Crippen LogP contribution in [-0.2, 0) is 14.2 Å². The molecule has 0 radical (unpaired) electrons. The third-order valence-corrected chi connectivity index (χ3v) is 6.91. The van der Waals surface area contributed by atoms with Gasteiger partial charge in [0.25, 0.3) is 0 Å². The second-order valence-corrected chi connectivity index (χ2v) is 10.1. The van der Waals surface area contributed by atoms with Crippen LogP contribution in [0.1, 0.15) is 13.8 Å². The minimum absolute atomic E-state index is 0.0563. The molecule has 1 saturated heterocycles. The third-order valence-electron chi connectivity index (χ3n) is 6.91. The number of morpholine rings is 1. The summed E-state index contributed by atoms with van der Waals surface area (Å²) >= 11 is 0. The minimum Gasteiger partial charge on any atom is -0.404 e. The highest BCUT2D eigenvalue weighted by Gasteiger charge is 2.26. The molecule has 40 heavy (non-hydrogen) atoms. The van der Waals surface area contributed by atoms with E-state index < -0.39 is 0 Å². The van der Waals surface area contributed by atoms with E-state index in [1.807, 2.05) is 31.5 Å². The third kappa shape index (κ3) is 9.09. The van der Waals surface area contributed by atoms with E-state index in [0.29, 0.717) is 25.6 Å². The van der Waals surface area contributed by atoms with Gasteiger partial charge in [0.05, 0.1) is 50.8 Å². The summed E-state index contributed by atoms with van der Waals surface area (Å²) in [5, 5.41) is 3.28. The first-order valence-electron chi connectivity index (χ1n) is 13.8. The largest absolute Gasteiger partial charge is 0.404 e. The van der Waals surface area contributed by atoms with Crippen LogP contribution in [0, 0.1) is 5.92 Å². The first-order valence-corrected chi connectivity index (χ1v) is 13.8. The number of nitrogens with two attached hydrogens (primary N) is 3. The monoisotopic (exact) mass is 554 g/mol. The molecule has 0 aliphatic carbocycles. The molecule has 2 unspecified atom stereocenters. The van der Waals surface area contributed by atoms with Gasteiger partial charge in [-0.05, 0) is 42.0 Å². The van der Waals surface area contributed by atoms with Gasteiger partial charge in [-0.25, -0.2) is 0 Å². The van der Waals surface area contributed by atoms with Gasteiger partial charge in [-0.2, -0.15) is 0 Å². The summed E-state index contributed by atoms with van der Waals surface area (Å²) < 4.78 is 16.7. The Labute approximate surface area is 238 Å². The van der Waals surface area contributed by atoms with E-state index >= 15 is 0 Å². The average molecular weight is 555 g/mol. The van der Waals surface area contributed by atoms with Gasteiger partial charge in [-0.15, -0.1) is 0 Å². The summed E-state index contributed by atoms with van der Waals surface area (Å²) in [6.07, 6.45) is 14.6. The van der Waals surface area contributed by atoms with Crippen LogP contribution in [-0.4, -0.2) is 101 Å². The number of rotatable bonds is 14.